The van der Waals surface area contributed by atoms with Gasteiger partial charge in [-0.25, -0.2) is 18.6 Å². The second kappa shape index (κ2) is 8.11. The average molecular weight is 385 g/mol. The highest BCUT2D eigenvalue weighted by atomic mass is 32.2. The standard InChI is InChI=1S/C15H16F5NO3S/c1-6(2)5-7-8(13(22)24-3)10(12(16)17)21-11(15(18,19)20)9(7)14(23)25-4/h6,12H,5H2,1-4H3. The van der Waals surface area contributed by atoms with E-state index in [1.54, 1.807) is 13.8 Å². The third kappa shape index (κ3) is 4.68. The molecule has 0 spiro atoms. The number of carbonyl (C=O) groups is 2. The quantitative estimate of drug-likeness (QED) is 0.551. The number of nitrogens with zero attached hydrogens (tertiary/aromatic N) is 1. The minimum atomic E-state index is -5.13. The number of ether oxygens (including phenoxy) is 1. The smallest absolute Gasteiger partial charge is 0.434 e. The molecule has 0 aromatic carbocycles. The Balaban J connectivity index is 4.05. The monoisotopic (exact) mass is 385 g/mol. The SMILES string of the molecule is COC(=O)c1c(C(F)F)nc(C(F)(F)F)c(C(=O)SC)c1CC(C)C. The van der Waals surface area contributed by atoms with E-state index < -0.39 is 51.8 Å². The van der Waals surface area contributed by atoms with Gasteiger partial charge in [-0.3, -0.25) is 4.79 Å². The van der Waals surface area contributed by atoms with Gasteiger partial charge in [-0.15, -0.1) is 0 Å². The minimum absolute atomic E-state index is 0.197. The Morgan fingerprint density at radius 1 is 1.20 bits per heavy atom. The van der Waals surface area contributed by atoms with E-state index in [4.69, 9.17) is 0 Å². The van der Waals surface area contributed by atoms with Gasteiger partial charge in [-0.2, -0.15) is 13.2 Å². The number of esters is 1. The maximum Gasteiger partial charge on any atom is 0.434 e. The number of hydrogen-bond donors (Lipinski definition) is 0. The molecule has 0 bridgehead atoms. The molecule has 0 amide bonds. The van der Waals surface area contributed by atoms with Crippen LogP contribution in [0.2, 0.25) is 0 Å². The first-order chi connectivity index (χ1) is 11.4. The number of hydrogen-bond acceptors (Lipinski definition) is 5. The van der Waals surface area contributed by atoms with Crippen LogP contribution in [0, 0.1) is 5.92 Å². The van der Waals surface area contributed by atoms with Crippen molar-refractivity contribution in [1.82, 2.24) is 4.98 Å². The van der Waals surface area contributed by atoms with Crippen LogP contribution in [-0.2, 0) is 17.3 Å². The lowest BCUT2D eigenvalue weighted by Gasteiger charge is -2.21. The van der Waals surface area contributed by atoms with Gasteiger partial charge in [-0.1, -0.05) is 25.6 Å². The number of methoxy groups -OCH3 is 1. The number of rotatable bonds is 5. The third-order valence-electron chi connectivity index (χ3n) is 3.20. The molecule has 1 aromatic rings. The molecule has 140 valence electrons. The van der Waals surface area contributed by atoms with E-state index in [2.05, 4.69) is 9.72 Å². The highest BCUT2D eigenvalue weighted by Gasteiger charge is 2.42. The summed E-state index contributed by atoms with van der Waals surface area (Å²) in [6.45, 7) is 3.23. The zero-order valence-electron chi connectivity index (χ0n) is 13.8. The Morgan fingerprint density at radius 2 is 1.76 bits per heavy atom. The van der Waals surface area contributed by atoms with Gasteiger partial charge in [-0.05, 0) is 24.2 Å². The van der Waals surface area contributed by atoms with Crippen molar-refractivity contribution >= 4 is 22.8 Å². The Kier molecular flexibility index (Phi) is 6.92. The summed E-state index contributed by atoms with van der Waals surface area (Å²) >= 11 is 0.473. The molecule has 0 saturated heterocycles. The molecular formula is C15H16F5NO3S. The average Bonchev–Trinajstić information content (AvgIpc) is 2.50. The van der Waals surface area contributed by atoms with Gasteiger partial charge in [0.25, 0.3) is 6.43 Å². The van der Waals surface area contributed by atoms with Crippen LogP contribution in [0.3, 0.4) is 0 Å². The van der Waals surface area contributed by atoms with E-state index in [9.17, 15) is 31.5 Å². The van der Waals surface area contributed by atoms with Gasteiger partial charge < -0.3 is 4.74 Å². The van der Waals surface area contributed by atoms with Crippen molar-refractivity contribution < 1.29 is 36.3 Å². The largest absolute Gasteiger partial charge is 0.465 e. The fraction of sp³-hybridized carbons (Fsp3) is 0.533. The summed E-state index contributed by atoms with van der Waals surface area (Å²) in [4.78, 5) is 27.0. The number of carbonyl (C=O) groups excluding carboxylic acids is 2. The third-order valence-corrected chi connectivity index (χ3v) is 3.77. The number of thioether (sulfide) groups is 1. The Hall–Kier alpha value is -1.71. The van der Waals surface area contributed by atoms with Crippen LogP contribution >= 0.6 is 11.8 Å². The van der Waals surface area contributed by atoms with E-state index >= 15 is 0 Å². The van der Waals surface area contributed by atoms with Crippen molar-refractivity contribution in [3.8, 4) is 0 Å². The Labute approximate surface area is 145 Å². The summed E-state index contributed by atoms with van der Waals surface area (Å²) in [5, 5.41) is -1.01. The highest BCUT2D eigenvalue weighted by Crippen LogP contribution is 2.38. The van der Waals surface area contributed by atoms with Crippen LogP contribution in [0.5, 0.6) is 0 Å². The summed E-state index contributed by atoms with van der Waals surface area (Å²) in [6, 6.07) is 0. The lowest BCUT2D eigenvalue weighted by Crippen LogP contribution is -2.24. The molecule has 25 heavy (non-hydrogen) atoms. The predicted octanol–water partition coefficient (Wildman–Crippen LogP) is 4.53. The molecule has 0 fully saturated rings. The topological polar surface area (TPSA) is 56.3 Å². The normalized spacial score (nSPS) is 12.0. The van der Waals surface area contributed by atoms with Gasteiger partial charge in [0.05, 0.1) is 18.2 Å². The van der Waals surface area contributed by atoms with E-state index in [0.29, 0.717) is 11.8 Å². The molecule has 0 aliphatic heterocycles. The van der Waals surface area contributed by atoms with Crippen molar-refractivity contribution in [2.75, 3.05) is 13.4 Å². The van der Waals surface area contributed by atoms with Crippen molar-refractivity contribution in [2.24, 2.45) is 5.92 Å². The molecule has 1 heterocycles. The number of alkyl halides is 5. The summed E-state index contributed by atoms with van der Waals surface area (Å²) < 4.78 is 71.0. The lowest BCUT2D eigenvalue weighted by atomic mass is 9.91. The number of pyridine rings is 1. The second-order valence-corrected chi connectivity index (χ2v) is 6.23. The first kappa shape index (κ1) is 21.3. The molecule has 0 aliphatic carbocycles. The van der Waals surface area contributed by atoms with Crippen LogP contribution in [0.1, 0.15) is 57.9 Å². The molecule has 10 heteroatoms. The van der Waals surface area contributed by atoms with Crippen LogP contribution in [0.15, 0.2) is 0 Å². The molecule has 4 nitrogen and oxygen atoms in total. The van der Waals surface area contributed by atoms with Crippen molar-refractivity contribution in [3.63, 3.8) is 0 Å². The van der Waals surface area contributed by atoms with Crippen molar-refractivity contribution in [1.29, 1.82) is 0 Å². The maximum absolute atomic E-state index is 13.3. The van der Waals surface area contributed by atoms with Crippen LogP contribution in [-0.4, -0.2) is 29.4 Å². The lowest BCUT2D eigenvalue weighted by molar-refractivity contribution is -0.141. The van der Waals surface area contributed by atoms with E-state index in [1.807, 2.05) is 0 Å². The first-order valence-electron chi connectivity index (χ1n) is 7.04. The molecule has 0 radical (unpaired) electrons. The Bertz CT molecular complexity index is 674. The maximum atomic E-state index is 13.3. The van der Waals surface area contributed by atoms with Gasteiger partial charge in [0, 0.05) is 0 Å². The van der Waals surface area contributed by atoms with Gasteiger partial charge in [0.15, 0.2) is 5.69 Å². The molecule has 1 rings (SSSR count). The van der Waals surface area contributed by atoms with E-state index in [-0.39, 0.29) is 12.3 Å². The summed E-state index contributed by atoms with van der Waals surface area (Å²) in [5.74, 6) is -1.58. The van der Waals surface area contributed by atoms with E-state index in [1.165, 1.54) is 6.26 Å². The fourth-order valence-corrected chi connectivity index (χ4v) is 2.71. The molecule has 0 atom stereocenters. The van der Waals surface area contributed by atoms with Crippen molar-refractivity contribution in [2.45, 2.75) is 32.9 Å². The minimum Gasteiger partial charge on any atom is -0.465 e. The second-order valence-electron chi connectivity index (χ2n) is 5.45. The highest BCUT2D eigenvalue weighted by molar-refractivity contribution is 8.13. The van der Waals surface area contributed by atoms with Crippen LogP contribution in [0.25, 0.3) is 0 Å². The summed E-state index contributed by atoms with van der Waals surface area (Å²) in [5.41, 5.74) is -5.13. The molecule has 1 aromatic heterocycles. The molecule has 0 aliphatic rings. The summed E-state index contributed by atoms with van der Waals surface area (Å²) in [6.07, 6.45) is -7.53. The van der Waals surface area contributed by atoms with Crippen LogP contribution < -0.4 is 0 Å². The molecule has 0 N–H and O–H groups in total. The van der Waals surface area contributed by atoms with Gasteiger partial charge in [0.2, 0.25) is 5.12 Å². The van der Waals surface area contributed by atoms with Gasteiger partial charge >= 0.3 is 12.1 Å². The molecular weight excluding hydrogens is 369 g/mol. The number of halogens is 5. The summed E-state index contributed by atoms with van der Waals surface area (Å²) in [7, 11) is 0.907. The molecule has 0 unspecified atom stereocenters. The molecule has 0 saturated carbocycles. The zero-order valence-corrected chi connectivity index (χ0v) is 14.6. The predicted molar refractivity (Wildman–Crippen MR) is 81.9 cm³/mol. The van der Waals surface area contributed by atoms with E-state index in [0.717, 1.165) is 7.11 Å². The van der Waals surface area contributed by atoms with Crippen LogP contribution in [0.4, 0.5) is 22.0 Å². The van der Waals surface area contributed by atoms with Crippen molar-refractivity contribution in [3.05, 3.63) is 28.1 Å². The first-order valence-corrected chi connectivity index (χ1v) is 8.26. The fourth-order valence-electron chi connectivity index (χ4n) is 2.28. The Morgan fingerprint density at radius 3 is 2.12 bits per heavy atom. The van der Waals surface area contributed by atoms with Gasteiger partial charge in [0.1, 0.15) is 5.69 Å². The number of aromatic nitrogens is 1. The zero-order chi connectivity index (χ0) is 19.5.